The summed E-state index contributed by atoms with van der Waals surface area (Å²) in [4.78, 5) is 9.35. The quantitative estimate of drug-likeness (QED) is 0.454. The molecule has 0 aromatic rings. The largest absolute Gasteiger partial charge is 0.351 e. The summed E-state index contributed by atoms with van der Waals surface area (Å²) < 4.78 is 22.9. The van der Waals surface area contributed by atoms with E-state index in [1.165, 1.54) is 0 Å². The minimum Gasteiger partial charge on any atom is -0.351 e. The Labute approximate surface area is 49.8 Å². The highest BCUT2D eigenvalue weighted by Gasteiger charge is 2.22. The van der Waals surface area contributed by atoms with Gasteiger partial charge < -0.3 is 5.32 Å². The summed E-state index contributed by atoms with van der Waals surface area (Å²) in [6.45, 7) is -0.821. The number of nitrogens with one attached hydrogen (secondary N) is 1. The van der Waals surface area contributed by atoms with Crippen LogP contribution in [0, 0.1) is 0 Å². The molecule has 0 rings (SSSR count). The van der Waals surface area contributed by atoms with Gasteiger partial charge in [0, 0.05) is 0 Å². The molecule has 0 unspecified atom stereocenters. The zero-order valence-electron chi connectivity index (χ0n) is 3.83. The van der Waals surface area contributed by atoms with Crippen LogP contribution in [0.15, 0.2) is 0 Å². The lowest BCUT2D eigenvalue weighted by molar-refractivity contribution is -0.110. The van der Waals surface area contributed by atoms with Gasteiger partial charge in [0.15, 0.2) is 0 Å². The molecule has 0 bridgehead atoms. The number of carbonyl (C=O) groups is 1. The number of amides is 1. The van der Waals surface area contributed by atoms with Gasteiger partial charge in [-0.25, -0.2) is 0 Å². The van der Waals surface area contributed by atoms with Crippen molar-refractivity contribution in [2.45, 2.75) is 5.38 Å². The summed E-state index contributed by atoms with van der Waals surface area (Å²) in [5, 5.41) is -1.59. The fourth-order valence-corrected chi connectivity index (χ4v) is 0.235. The Balaban J connectivity index is 3.24. The maximum atomic E-state index is 11.5. The molecule has 0 heterocycles. The molecule has 0 aromatic carbocycles. The predicted octanol–water partition coefficient (Wildman–Crippen LogP) is 0.564. The second-order valence-electron chi connectivity index (χ2n) is 1.11. The third-order valence-corrected chi connectivity index (χ3v) is 0.519. The van der Waals surface area contributed by atoms with Crippen LogP contribution >= 0.6 is 11.6 Å². The van der Waals surface area contributed by atoms with E-state index in [1.54, 1.807) is 5.32 Å². The van der Waals surface area contributed by atoms with E-state index in [0.29, 0.717) is 0 Å². The smallest absolute Gasteiger partial charge is 0.338 e. The zero-order valence-corrected chi connectivity index (χ0v) is 4.58. The van der Waals surface area contributed by atoms with E-state index in [-0.39, 0.29) is 6.41 Å². The first-order chi connectivity index (χ1) is 3.56. The lowest BCUT2D eigenvalue weighted by Crippen LogP contribution is -2.26. The molecule has 0 saturated heterocycles. The fourth-order valence-electron chi connectivity index (χ4n) is 0.157. The van der Waals surface area contributed by atoms with Gasteiger partial charge in [0.2, 0.25) is 6.41 Å². The van der Waals surface area contributed by atoms with Gasteiger partial charge in [0.05, 0.1) is 6.54 Å². The van der Waals surface area contributed by atoms with E-state index in [2.05, 4.69) is 11.6 Å². The first-order valence-corrected chi connectivity index (χ1v) is 2.18. The first-order valence-electron chi connectivity index (χ1n) is 1.80. The summed E-state index contributed by atoms with van der Waals surface area (Å²) in [6.07, 6.45) is 0.163. The molecule has 8 heavy (non-hydrogen) atoms. The van der Waals surface area contributed by atoms with Crippen molar-refractivity contribution >= 4 is 18.0 Å². The number of carbonyl (C=O) groups excluding carboxylic acids is 1. The molecule has 0 saturated carbocycles. The molecular weight excluding hydrogens is 139 g/mol. The third-order valence-electron chi connectivity index (χ3n) is 0.386. The minimum atomic E-state index is -3.32. The number of hydrogen-bond donors (Lipinski definition) is 1. The normalized spacial score (nSPS) is 10.9. The lowest BCUT2D eigenvalue weighted by Gasteiger charge is -2.03. The van der Waals surface area contributed by atoms with Crippen molar-refractivity contribution in [2.75, 3.05) is 6.54 Å². The van der Waals surface area contributed by atoms with Gasteiger partial charge >= 0.3 is 5.38 Å². The number of rotatable bonds is 3. The Morgan fingerprint density at radius 3 is 2.38 bits per heavy atom. The van der Waals surface area contributed by atoms with Crippen molar-refractivity contribution in [1.82, 2.24) is 5.32 Å². The highest BCUT2D eigenvalue weighted by Crippen LogP contribution is 2.15. The highest BCUT2D eigenvalue weighted by atomic mass is 35.5. The molecule has 0 fully saturated rings. The summed E-state index contributed by atoms with van der Waals surface area (Å²) in [6, 6.07) is 0. The molecule has 48 valence electrons. The molecular formula is C3H4ClF2NO. The molecule has 0 aliphatic rings. The number of hydrogen-bond acceptors (Lipinski definition) is 1. The maximum Gasteiger partial charge on any atom is 0.338 e. The predicted molar refractivity (Wildman–Crippen MR) is 24.9 cm³/mol. The molecule has 1 N–H and O–H groups in total. The van der Waals surface area contributed by atoms with Gasteiger partial charge in [0.25, 0.3) is 0 Å². The van der Waals surface area contributed by atoms with E-state index in [9.17, 15) is 13.6 Å². The van der Waals surface area contributed by atoms with Crippen molar-refractivity contribution in [3.05, 3.63) is 0 Å². The van der Waals surface area contributed by atoms with E-state index in [4.69, 9.17) is 0 Å². The van der Waals surface area contributed by atoms with Crippen LogP contribution in [0.2, 0.25) is 0 Å². The molecule has 2 nitrogen and oxygen atoms in total. The molecule has 0 radical (unpaired) electrons. The van der Waals surface area contributed by atoms with E-state index in [1.807, 2.05) is 0 Å². The van der Waals surface area contributed by atoms with Gasteiger partial charge in [-0.1, -0.05) is 0 Å². The van der Waals surface area contributed by atoms with Crippen LogP contribution in [0.25, 0.3) is 0 Å². The van der Waals surface area contributed by atoms with Crippen molar-refractivity contribution < 1.29 is 13.6 Å². The Bertz CT molecular complexity index is 81.8. The first kappa shape index (κ1) is 7.62. The van der Waals surface area contributed by atoms with Gasteiger partial charge in [0.1, 0.15) is 0 Å². The summed E-state index contributed by atoms with van der Waals surface area (Å²) in [7, 11) is 0. The lowest BCUT2D eigenvalue weighted by atomic mass is 10.7. The highest BCUT2D eigenvalue weighted by molar-refractivity contribution is 6.21. The molecule has 0 aliphatic carbocycles. The standard InChI is InChI=1S/C3H4ClF2NO/c4-3(5,6)1-7-2-8/h2H,1H2,(H,7,8). The van der Waals surface area contributed by atoms with Crippen molar-refractivity contribution in [1.29, 1.82) is 0 Å². The fraction of sp³-hybridized carbons (Fsp3) is 0.667. The van der Waals surface area contributed by atoms with Crippen molar-refractivity contribution in [3.63, 3.8) is 0 Å². The van der Waals surface area contributed by atoms with E-state index >= 15 is 0 Å². The van der Waals surface area contributed by atoms with Gasteiger partial charge in [-0.05, 0) is 11.6 Å². The summed E-state index contributed by atoms with van der Waals surface area (Å²) in [5.41, 5.74) is 0. The Hall–Kier alpha value is -0.380. The summed E-state index contributed by atoms with van der Waals surface area (Å²) in [5.74, 6) is 0. The molecule has 0 spiro atoms. The van der Waals surface area contributed by atoms with Crippen LogP contribution < -0.4 is 5.32 Å². The van der Waals surface area contributed by atoms with Crippen molar-refractivity contribution in [3.8, 4) is 0 Å². The van der Waals surface area contributed by atoms with E-state index in [0.717, 1.165) is 0 Å². The van der Waals surface area contributed by atoms with Gasteiger partial charge in [-0.15, -0.1) is 0 Å². The van der Waals surface area contributed by atoms with Crippen LogP contribution in [0.4, 0.5) is 8.78 Å². The van der Waals surface area contributed by atoms with Crippen molar-refractivity contribution in [2.24, 2.45) is 0 Å². The van der Waals surface area contributed by atoms with Crippen LogP contribution in [-0.4, -0.2) is 18.3 Å². The zero-order chi connectivity index (χ0) is 6.62. The van der Waals surface area contributed by atoms with Crippen LogP contribution in [-0.2, 0) is 4.79 Å². The average molecular weight is 144 g/mol. The number of alkyl halides is 3. The molecule has 5 heteroatoms. The van der Waals surface area contributed by atoms with Gasteiger partial charge in [-0.2, -0.15) is 8.78 Å². The topological polar surface area (TPSA) is 29.1 Å². The van der Waals surface area contributed by atoms with Crippen LogP contribution in [0.5, 0.6) is 0 Å². The molecule has 0 aliphatic heterocycles. The average Bonchev–Trinajstić information content (AvgIpc) is 1.59. The molecule has 0 atom stereocenters. The van der Waals surface area contributed by atoms with Gasteiger partial charge in [-0.3, -0.25) is 4.79 Å². The Morgan fingerprint density at radius 2 is 2.25 bits per heavy atom. The Kier molecular flexibility index (Phi) is 2.68. The number of halogens is 3. The third kappa shape index (κ3) is 5.62. The minimum absolute atomic E-state index is 0.163. The van der Waals surface area contributed by atoms with Crippen LogP contribution in [0.3, 0.4) is 0 Å². The monoisotopic (exact) mass is 143 g/mol. The molecule has 0 aromatic heterocycles. The Morgan fingerprint density at radius 1 is 1.75 bits per heavy atom. The second-order valence-corrected chi connectivity index (χ2v) is 1.67. The molecule has 1 amide bonds. The second kappa shape index (κ2) is 2.81. The van der Waals surface area contributed by atoms with E-state index < -0.39 is 11.9 Å². The summed E-state index contributed by atoms with van der Waals surface area (Å²) >= 11 is 4.36. The van der Waals surface area contributed by atoms with Crippen LogP contribution in [0.1, 0.15) is 0 Å². The SMILES string of the molecule is O=CNCC(F)(F)Cl. The maximum absolute atomic E-state index is 11.5.